The summed E-state index contributed by atoms with van der Waals surface area (Å²) in [7, 11) is 0. The molecule has 0 aromatic carbocycles. The quantitative estimate of drug-likeness (QED) is 0.150. The molecule has 1 aliphatic rings. The molecule has 0 bridgehead atoms. The molecule has 182 valence electrons. The van der Waals surface area contributed by atoms with Crippen molar-refractivity contribution in [2.45, 2.75) is 162 Å². The van der Waals surface area contributed by atoms with Gasteiger partial charge in [-0.1, -0.05) is 104 Å². The van der Waals surface area contributed by atoms with Crippen molar-refractivity contribution in [1.82, 2.24) is 0 Å². The van der Waals surface area contributed by atoms with Crippen molar-refractivity contribution in [2.75, 3.05) is 19.6 Å². The molecule has 30 heavy (non-hydrogen) atoms. The van der Waals surface area contributed by atoms with Crippen molar-refractivity contribution in [3.63, 3.8) is 0 Å². The van der Waals surface area contributed by atoms with Crippen LogP contribution in [0.4, 0.5) is 0 Å². The van der Waals surface area contributed by atoms with Crippen molar-refractivity contribution in [3.8, 4) is 0 Å². The van der Waals surface area contributed by atoms with Gasteiger partial charge in [0.2, 0.25) is 0 Å². The smallest absolute Gasteiger partial charge is 0.0890 e. The van der Waals surface area contributed by atoms with Crippen molar-refractivity contribution >= 4 is 0 Å². The predicted molar refractivity (Wildman–Crippen MR) is 133 cm³/mol. The van der Waals surface area contributed by atoms with Crippen LogP contribution >= 0.6 is 0 Å². The minimum absolute atomic E-state index is 0. The Bertz CT molecular complexity index is 332. The molecule has 0 radical (unpaired) electrons. The first-order valence-corrected chi connectivity index (χ1v) is 14.1. The van der Waals surface area contributed by atoms with Crippen molar-refractivity contribution in [1.29, 1.82) is 0 Å². The van der Waals surface area contributed by atoms with Gasteiger partial charge in [0.25, 0.3) is 0 Å². The molecule has 0 N–H and O–H groups in total. The van der Waals surface area contributed by atoms with Crippen LogP contribution in [0.3, 0.4) is 0 Å². The largest absolute Gasteiger partial charge is 1.00 e. The SMILES string of the molecule is CCCCCCCCCCCCCCCC[N+](CCC)(CCC)C1CCCCC1.[Cl-]. The first-order chi connectivity index (χ1) is 14.3. The Labute approximate surface area is 198 Å². The van der Waals surface area contributed by atoms with Gasteiger partial charge in [0, 0.05) is 0 Å². The predicted octanol–water partition coefficient (Wildman–Crippen LogP) is 6.44. The van der Waals surface area contributed by atoms with E-state index in [4.69, 9.17) is 0 Å². The second-order valence-corrected chi connectivity index (χ2v) is 10.3. The van der Waals surface area contributed by atoms with Gasteiger partial charge in [0.05, 0.1) is 25.7 Å². The summed E-state index contributed by atoms with van der Waals surface area (Å²) in [5, 5.41) is 0. The molecule has 0 atom stereocenters. The highest BCUT2D eigenvalue weighted by Crippen LogP contribution is 2.30. The highest BCUT2D eigenvalue weighted by Gasteiger charge is 2.35. The summed E-state index contributed by atoms with van der Waals surface area (Å²) in [5.41, 5.74) is 0. The Balaban J connectivity index is 0.00000841. The van der Waals surface area contributed by atoms with E-state index in [1.54, 1.807) is 0 Å². The lowest BCUT2D eigenvalue weighted by Gasteiger charge is -2.47. The van der Waals surface area contributed by atoms with Gasteiger partial charge in [-0.25, -0.2) is 0 Å². The fourth-order valence-corrected chi connectivity index (χ4v) is 6.02. The van der Waals surface area contributed by atoms with Crippen LogP contribution in [-0.4, -0.2) is 30.2 Å². The second-order valence-electron chi connectivity index (χ2n) is 10.3. The number of rotatable bonds is 20. The third kappa shape index (κ3) is 13.6. The van der Waals surface area contributed by atoms with Crippen LogP contribution in [0.5, 0.6) is 0 Å². The summed E-state index contributed by atoms with van der Waals surface area (Å²) in [6.07, 6.45) is 30.9. The number of halogens is 1. The van der Waals surface area contributed by atoms with E-state index in [9.17, 15) is 0 Å². The zero-order valence-corrected chi connectivity index (χ0v) is 22.1. The van der Waals surface area contributed by atoms with Gasteiger partial charge in [-0.3, -0.25) is 0 Å². The van der Waals surface area contributed by atoms with Crippen LogP contribution in [0.2, 0.25) is 0 Å². The molecule has 1 fully saturated rings. The normalized spacial score (nSPS) is 15.3. The van der Waals surface area contributed by atoms with Gasteiger partial charge in [0.1, 0.15) is 0 Å². The maximum absolute atomic E-state index is 2.41. The van der Waals surface area contributed by atoms with E-state index in [1.165, 1.54) is 159 Å². The minimum Gasteiger partial charge on any atom is -1.00 e. The Kier molecular flexibility index (Phi) is 21.3. The zero-order chi connectivity index (χ0) is 21.0. The third-order valence-electron chi connectivity index (χ3n) is 7.64. The van der Waals surface area contributed by atoms with Crippen molar-refractivity contribution < 1.29 is 16.9 Å². The molecule has 0 aromatic heterocycles. The van der Waals surface area contributed by atoms with E-state index in [-0.39, 0.29) is 12.4 Å². The van der Waals surface area contributed by atoms with E-state index >= 15 is 0 Å². The standard InChI is InChI=1S/C28H58N.ClH/c1-4-7-8-9-10-11-12-13-14-15-16-17-18-22-27-29(25-5-2,26-6-3)28-23-20-19-21-24-28;/h28H,4-27H2,1-3H3;1H/q+1;/p-1. The number of unbranched alkanes of at least 4 members (excludes halogenated alkanes) is 13. The summed E-state index contributed by atoms with van der Waals surface area (Å²) >= 11 is 0. The Morgan fingerprint density at radius 3 is 1.27 bits per heavy atom. The molecule has 1 rings (SSSR count). The third-order valence-corrected chi connectivity index (χ3v) is 7.64. The summed E-state index contributed by atoms with van der Waals surface area (Å²) < 4.78 is 1.48. The Morgan fingerprint density at radius 2 is 0.867 bits per heavy atom. The Hall–Kier alpha value is 0.250. The molecular weight excluding hydrogens is 386 g/mol. The molecule has 0 aromatic rings. The highest BCUT2D eigenvalue weighted by molar-refractivity contribution is 4.68. The fraction of sp³-hybridized carbons (Fsp3) is 1.00. The summed E-state index contributed by atoms with van der Waals surface area (Å²) in [6.45, 7) is 11.5. The molecule has 1 nitrogen and oxygen atoms in total. The molecule has 1 saturated carbocycles. The van der Waals surface area contributed by atoms with Crippen LogP contribution in [0.15, 0.2) is 0 Å². The summed E-state index contributed by atoms with van der Waals surface area (Å²) in [6, 6.07) is 0.991. The molecule has 0 aliphatic heterocycles. The van der Waals surface area contributed by atoms with Crippen molar-refractivity contribution in [3.05, 3.63) is 0 Å². The van der Waals surface area contributed by atoms with E-state index in [0.717, 1.165) is 6.04 Å². The molecule has 0 amide bonds. The minimum atomic E-state index is 0. The maximum Gasteiger partial charge on any atom is 0.0890 e. The van der Waals surface area contributed by atoms with Gasteiger partial charge >= 0.3 is 0 Å². The Morgan fingerprint density at radius 1 is 0.467 bits per heavy atom. The maximum atomic E-state index is 2.41. The van der Waals surface area contributed by atoms with Crippen LogP contribution in [-0.2, 0) is 0 Å². The number of quaternary nitrogens is 1. The first-order valence-electron chi connectivity index (χ1n) is 14.1. The lowest BCUT2D eigenvalue weighted by Crippen LogP contribution is -3.00. The van der Waals surface area contributed by atoms with E-state index in [0.29, 0.717) is 0 Å². The van der Waals surface area contributed by atoms with E-state index in [2.05, 4.69) is 20.8 Å². The van der Waals surface area contributed by atoms with Crippen LogP contribution in [0.1, 0.15) is 156 Å². The lowest BCUT2D eigenvalue weighted by molar-refractivity contribution is -0.952. The number of nitrogens with zero attached hydrogens (tertiary/aromatic N) is 1. The topological polar surface area (TPSA) is 0 Å². The van der Waals surface area contributed by atoms with Gasteiger partial charge in [-0.15, -0.1) is 0 Å². The molecule has 0 spiro atoms. The molecule has 1 aliphatic carbocycles. The van der Waals surface area contributed by atoms with Crippen LogP contribution < -0.4 is 12.4 Å². The van der Waals surface area contributed by atoms with Gasteiger partial charge in [-0.2, -0.15) is 0 Å². The molecule has 0 unspecified atom stereocenters. The zero-order valence-electron chi connectivity index (χ0n) is 21.4. The van der Waals surface area contributed by atoms with Crippen LogP contribution in [0.25, 0.3) is 0 Å². The van der Waals surface area contributed by atoms with E-state index in [1.807, 2.05) is 0 Å². The van der Waals surface area contributed by atoms with E-state index < -0.39 is 0 Å². The molecule has 2 heteroatoms. The van der Waals surface area contributed by atoms with Gasteiger partial charge in [0.15, 0.2) is 0 Å². The fourth-order valence-electron chi connectivity index (χ4n) is 6.02. The number of hydrogen-bond donors (Lipinski definition) is 0. The van der Waals surface area contributed by atoms with Gasteiger partial charge < -0.3 is 16.9 Å². The average Bonchev–Trinajstić information content (AvgIpc) is 2.75. The van der Waals surface area contributed by atoms with Crippen molar-refractivity contribution in [2.24, 2.45) is 0 Å². The average molecular weight is 444 g/mol. The molecule has 0 heterocycles. The van der Waals surface area contributed by atoms with Gasteiger partial charge in [-0.05, 0) is 51.4 Å². The number of hydrogen-bond acceptors (Lipinski definition) is 0. The summed E-state index contributed by atoms with van der Waals surface area (Å²) in [5.74, 6) is 0. The van der Waals surface area contributed by atoms with Crippen LogP contribution in [0, 0.1) is 0 Å². The molecule has 0 saturated heterocycles. The second kappa shape index (κ2) is 21.1. The lowest BCUT2D eigenvalue weighted by atomic mass is 9.91. The summed E-state index contributed by atoms with van der Waals surface area (Å²) in [4.78, 5) is 0. The molecular formula is C28H58ClN. The monoisotopic (exact) mass is 443 g/mol. The first kappa shape index (κ1) is 30.2. The highest BCUT2D eigenvalue weighted by atomic mass is 35.5.